The molecule has 4 atom stereocenters. The molecule has 1 aromatic rings. The molecule has 0 radical (unpaired) electrons. The van der Waals surface area contributed by atoms with Crippen LogP contribution in [0.1, 0.15) is 45.1 Å². The normalized spacial score (nSPS) is 37.2. The van der Waals surface area contributed by atoms with Crippen molar-refractivity contribution in [1.82, 2.24) is 0 Å². The van der Waals surface area contributed by atoms with Crippen molar-refractivity contribution in [2.24, 2.45) is 17.3 Å². The van der Waals surface area contributed by atoms with Gasteiger partial charge in [0, 0.05) is 15.8 Å². The highest BCUT2D eigenvalue weighted by atomic mass is 79.9. The topological polar surface area (TPSA) is 37.3 Å². The zero-order chi connectivity index (χ0) is 15.9. The summed E-state index contributed by atoms with van der Waals surface area (Å²) in [6, 6.07) is 8.01. The third-order valence-electron chi connectivity index (χ3n) is 5.72. The Labute approximate surface area is 140 Å². The summed E-state index contributed by atoms with van der Waals surface area (Å²) in [5.41, 5.74) is 1.76. The number of carbonyl (C=O) groups excluding carboxylic acids is 1. The zero-order valence-corrected chi connectivity index (χ0v) is 14.8. The summed E-state index contributed by atoms with van der Waals surface area (Å²) in [6.45, 7) is 4.21. The van der Waals surface area contributed by atoms with Crippen molar-refractivity contribution in [3.05, 3.63) is 39.9 Å². The lowest BCUT2D eigenvalue weighted by Gasteiger charge is -2.51. The highest BCUT2D eigenvalue weighted by Crippen LogP contribution is 2.53. The molecule has 0 heterocycles. The number of aliphatic hydroxyl groups is 1. The van der Waals surface area contributed by atoms with Crippen molar-refractivity contribution in [2.75, 3.05) is 0 Å². The summed E-state index contributed by atoms with van der Waals surface area (Å²) in [4.78, 5) is 12.7. The number of hydrogen-bond acceptors (Lipinski definition) is 2. The predicted molar refractivity (Wildman–Crippen MR) is 92.4 cm³/mol. The van der Waals surface area contributed by atoms with Crippen LogP contribution in [0.3, 0.4) is 0 Å². The predicted octanol–water partition coefficient (Wildman–Crippen LogP) is 4.61. The molecule has 2 fully saturated rings. The zero-order valence-electron chi connectivity index (χ0n) is 13.2. The SMILES string of the molecule is CC1C(=O)C(=Cc2ccc(Br)cc2)C[C@@]2(C)C1CCC[C@@H]2O. The Balaban J connectivity index is 1.95. The standard InChI is InChI=1S/C19H23BrO2/c1-12-16-4-3-5-17(21)19(16,2)11-14(18(12)22)10-13-6-8-15(20)9-7-13/h6-10,12,16-17,21H,3-5,11H2,1-2H3/t12?,16?,17-,19-/m0/s1. The minimum absolute atomic E-state index is 0.00963. The van der Waals surface area contributed by atoms with Gasteiger partial charge in [0.1, 0.15) is 0 Å². The molecule has 1 aromatic carbocycles. The number of Topliss-reactive ketones (excluding diaryl/α,β-unsaturated/α-hetero) is 1. The average molecular weight is 363 g/mol. The van der Waals surface area contributed by atoms with Crippen LogP contribution in [-0.2, 0) is 4.79 Å². The number of aliphatic hydroxyl groups excluding tert-OH is 1. The van der Waals surface area contributed by atoms with Gasteiger partial charge in [0.25, 0.3) is 0 Å². The fraction of sp³-hybridized carbons (Fsp3) is 0.526. The summed E-state index contributed by atoms with van der Waals surface area (Å²) in [6.07, 6.45) is 5.36. The van der Waals surface area contributed by atoms with Gasteiger partial charge in [-0.25, -0.2) is 0 Å². The molecule has 22 heavy (non-hydrogen) atoms. The van der Waals surface area contributed by atoms with Gasteiger partial charge in [0.05, 0.1) is 6.10 Å². The summed E-state index contributed by atoms with van der Waals surface area (Å²) in [5, 5.41) is 10.5. The Morgan fingerprint density at radius 2 is 1.95 bits per heavy atom. The third kappa shape index (κ3) is 2.69. The van der Waals surface area contributed by atoms with E-state index in [9.17, 15) is 9.90 Å². The molecule has 0 aliphatic heterocycles. The van der Waals surface area contributed by atoms with Gasteiger partial charge in [0.15, 0.2) is 5.78 Å². The minimum Gasteiger partial charge on any atom is -0.393 e. The van der Waals surface area contributed by atoms with E-state index in [0.29, 0.717) is 12.3 Å². The van der Waals surface area contributed by atoms with Crippen molar-refractivity contribution < 1.29 is 9.90 Å². The minimum atomic E-state index is -0.296. The summed E-state index contributed by atoms with van der Waals surface area (Å²) >= 11 is 3.43. The molecule has 3 rings (SSSR count). The van der Waals surface area contributed by atoms with Crippen molar-refractivity contribution in [3.63, 3.8) is 0 Å². The van der Waals surface area contributed by atoms with E-state index in [-0.39, 0.29) is 23.2 Å². The van der Waals surface area contributed by atoms with E-state index in [2.05, 4.69) is 22.9 Å². The molecule has 2 aliphatic carbocycles. The molecule has 0 amide bonds. The van der Waals surface area contributed by atoms with Crippen LogP contribution < -0.4 is 0 Å². The van der Waals surface area contributed by atoms with E-state index >= 15 is 0 Å². The molecule has 118 valence electrons. The van der Waals surface area contributed by atoms with Crippen LogP contribution in [0.15, 0.2) is 34.3 Å². The van der Waals surface area contributed by atoms with E-state index in [1.165, 1.54) is 0 Å². The smallest absolute Gasteiger partial charge is 0.161 e. The van der Waals surface area contributed by atoms with E-state index in [1.807, 2.05) is 37.3 Å². The summed E-state index contributed by atoms with van der Waals surface area (Å²) in [7, 11) is 0. The van der Waals surface area contributed by atoms with E-state index < -0.39 is 0 Å². The van der Waals surface area contributed by atoms with Gasteiger partial charge in [0.2, 0.25) is 0 Å². The second-order valence-electron chi connectivity index (χ2n) is 7.11. The lowest BCUT2D eigenvalue weighted by atomic mass is 9.54. The molecule has 1 N–H and O–H groups in total. The molecule has 3 heteroatoms. The van der Waals surface area contributed by atoms with Gasteiger partial charge in [-0.05, 0) is 54.5 Å². The quantitative estimate of drug-likeness (QED) is 0.740. The van der Waals surface area contributed by atoms with Gasteiger partial charge in [-0.2, -0.15) is 0 Å². The lowest BCUT2D eigenvalue weighted by Crippen LogP contribution is -2.51. The maximum atomic E-state index is 12.7. The number of fused-ring (bicyclic) bond motifs is 1. The average Bonchev–Trinajstić information content (AvgIpc) is 2.49. The highest BCUT2D eigenvalue weighted by Gasteiger charge is 2.51. The van der Waals surface area contributed by atoms with Crippen molar-refractivity contribution in [2.45, 2.75) is 45.6 Å². The maximum absolute atomic E-state index is 12.7. The molecular weight excluding hydrogens is 340 g/mol. The molecule has 0 spiro atoms. The third-order valence-corrected chi connectivity index (χ3v) is 6.25. The Bertz CT molecular complexity index is 604. The van der Waals surface area contributed by atoms with Gasteiger partial charge in [-0.3, -0.25) is 4.79 Å². The molecule has 2 saturated carbocycles. The van der Waals surface area contributed by atoms with E-state index in [4.69, 9.17) is 0 Å². The van der Waals surface area contributed by atoms with Gasteiger partial charge >= 0.3 is 0 Å². The van der Waals surface area contributed by atoms with Crippen molar-refractivity contribution >= 4 is 27.8 Å². The van der Waals surface area contributed by atoms with Gasteiger partial charge < -0.3 is 5.11 Å². The first kappa shape index (κ1) is 15.9. The number of halogens is 1. The van der Waals surface area contributed by atoms with Crippen LogP contribution in [-0.4, -0.2) is 17.0 Å². The monoisotopic (exact) mass is 362 g/mol. The Kier molecular flexibility index (Phi) is 4.30. The Morgan fingerprint density at radius 3 is 2.64 bits per heavy atom. The number of ketones is 1. The second kappa shape index (κ2) is 5.93. The van der Waals surface area contributed by atoms with Crippen LogP contribution in [0.5, 0.6) is 0 Å². The summed E-state index contributed by atoms with van der Waals surface area (Å²) in [5.74, 6) is 0.584. The largest absolute Gasteiger partial charge is 0.393 e. The number of rotatable bonds is 1. The van der Waals surface area contributed by atoms with Crippen LogP contribution in [0.25, 0.3) is 6.08 Å². The van der Waals surface area contributed by atoms with Crippen molar-refractivity contribution in [3.8, 4) is 0 Å². The van der Waals surface area contributed by atoms with Crippen molar-refractivity contribution in [1.29, 1.82) is 0 Å². The van der Waals surface area contributed by atoms with Gasteiger partial charge in [-0.1, -0.05) is 48.3 Å². The number of allylic oxidation sites excluding steroid dienone is 1. The van der Waals surface area contributed by atoms with Crippen LogP contribution >= 0.6 is 15.9 Å². The first-order chi connectivity index (χ1) is 10.4. The highest BCUT2D eigenvalue weighted by molar-refractivity contribution is 9.10. The Hall–Kier alpha value is -0.930. The van der Waals surface area contributed by atoms with E-state index in [0.717, 1.165) is 34.9 Å². The molecule has 0 bridgehead atoms. The molecule has 2 unspecified atom stereocenters. The van der Waals surface area contributed by atoms with E-state index in [1.54, 1.807) is 0 Å². The molecule has 0 saturated heterocycles. The number of carbonyl (C=O) groups is 1. The molecule has 2 aliphatic rings. The molecule has 2 nitrogen and oxygen atoms in total. The lowest BCUT2D eigenvalue weighted by molar-refractivity contribution is -0.133. The molecule has 0 aromatic heterocycles. The number of hydrogen-bond donors (Lipinski definition) is 1. The fourth-order valence-electron chi connectivity index (χ4n) is 4.36. The number of benzene rings is 1. The maximum Gasteiger partial charge on any atom is 0.161 e. The fourth-order valence-corrected chi connectivity index (χ4v) is 4.63. The first-order valence-corrected chi connectivity index (χ1v) is 8.89. The van der Waals surface area contributed by atoms with Gasteiger partial charge in [-0.15, -0.1) is 0 Å². The Morgan fingerprint density at radius 1 is 1.27 bits per heavy atom. The van der Waals surface area contributed by atoms with Crippen LogP contribution in [0.2, 0.25) is 0 Å². The second-order valence-corrected chi connectivity index (χ2v) is 8.03. The van der Waals surface area contributed by atoms with Crippen LogP contribution in [0.4, 0.5) is 0 Å². The summed E-state index contributed by atoms with van der Waals surface area (Å²) < 4.78 is 1.03. The molecular formula is C19H23BrO2. The van der Waals surface area contributed by atoms with Crippen LogP contribution in [0, 0.1) is 17.3 Å². The first-order valence-electron chi connectivity index (χ1n) is 8.10.